The summed E-state index contributed by atoms with van der Waals surface area (Å²) in [6.07, 6.45) is 0. The smallest absolute Gasteiger partial charge is 0.296 e. The molecule has 0 amide bonds. The van der Waals surface area contributed by atoms with E-state index in [1.807, 2.05) is 33.8 Å². The van der Waals surface area contributed by atoms with Gasteiger partial charge in [0.05, 0.1) is 4.92 Å². The van der Waals surface area contributed by atoms with Crippen molar-refractivity contribution in [3.63, 3.8) is 0 Å². The summed E-state index contributed by atoms with van der Waals surface area (Å²) in [5.74, 6) is 0.0467. The van der Waals surface area contributed by atoms with Gasteiger partial charge < -0.3 is 5.11 Å². The van der Waals surface area contributed by atoms with Crippen molar-refractivity contribution < 1.29 is 10.0 Å². The van der Waals surface area contributed by atoms with E-state index in [4.69, 9.17) is 0 Å². The average Bonchev–Trinajstić information content (AvgIpc) is 2.46. The number of hydrogen-bond donors (Lipinski definition) is 1. The Morgan fingerprint density at radius 3 is 2.30 bits per heavy atom. The van der Waals surface area contributed by atoms with Gasteiger partial charge in [-0.3, -0.25) is 10.1 Å². The van der Waals surface area contributed by atoms with Crippen LogP contribution in [0.1, 0.15) is 31.9 Å². The van der Waals surface area contributed by atoms with Crippen molar-refractivity contribution in [2.75, 3.05) is 0 Å². The van der Waals surface area contributed by atoms with Crippen molar-refractivity contribution in [3.8, 4) is 5.75 Å². The molecule has 6 heteroatoms. The minimum atomic E-state index is -0.509. The predicted octanol–water partition coefficient (Wildman–Crippen LogP) is 5.32. The number of rotatable bonds is 3. The van der Waals surface area contributed by atoms with Gasteiger partial charge in [-0.2, -0.15) is 0 Å². The Morgan fingerprint density at radius 1 is 1.09 bits per heavy atom. The van der Waals surface area contributed by atoms with E-state index in [2.05, 4.69) is 10.2 Å². The SMILES string of the molecule is Cc1cc(/N=N/c2ccccc2[N+](=O)[O-])c(O)c(C(C)(C)C)c1. The molecule has 0 saturated carbocycles. The van der Waals surface area contributed by atoms with Crippen LogP contribution in [-0.2, 0) is 5.41 Å². The molecule has 0 aromatic heterocycles. The van der Waals surface area contributed by atoms with Gasteiger partial charge in [0.1, 0.15) is 11.4 Å². The van der Waals surface area contributed by atoms with Crippen molar-refractivity contribution in [1.82, 2.24) is 0 Å². The van der Waals surface area contributed by atoms with Crippen molar-refractivity contribution in [3.05, 3.63) is 57.6 Å². The third-order valence-electron chi connectivity index (χ3n) is 3.39. The van der Waals surface area contributed by atoms with E-state index >= 15 is 0 Å². The molecule has 2 aromatic carbocycles. The Bertz CT molecular complexity index is 777. The molecule has 120 valence electrons. The summed E-state index contributed by atoms with van der Waals surface area (Å²) in [4.78, 5) is 10.5. The average molecular weight is 313 g/mol. The molecule has 23 heavy (non-hydrogen) atoms. The number of phenols is 1. The molecule has 0 heterocycles. The van der Waals surface area contributed by atoms with Gasteiger partial charge in [0.2, 0.25) is 0 Å². The fourth-order valence-corrected chi connectivity index (χ4v) is 2.22. The van der Waals surface area contributed by atoms with Crippen LogP contribution in [0.3, 0.4) is 0 Å². The first-order valence-corrected chi connectivity index (χ1v) is 7.19. The number of benzene rings is 2. The molecule has 0 radical (unpaired) electrons. The van der Waals surface area contributed by atoms with Crippen LogP contribution >= 0.6 is 0 Å². The van der Waals surface area contributed by atoms with Crippen LogP contribution in [0, 0.1) is 17.0 Å². The van der Waals surface area contributed by atoms with Crippen LogP contribution in [0.5, 0.6) is 5.75 Å². The fraction of sp³-hybridized carbons (Fsp3) is 0.294. The minimum Gasteiger partial charge on any atom is -0.505 e. The lowest BCUT2D eigenvalue weighted by Gasteiger charge is -2.21. The maximum absolute atomic E-state index is 11.0. The summed E-state index contributed by atoms with van der Waals surface area (Å²) in [6.45, 7) is 7.87. The van der Waals surface area contributed by atoms with Crippen LogP contribution in [0.2, 0.25) is 0 Å². The molecule has 2 rings (SSSR count). The highest BCUT2D eigenvalue weighted by molar-refractivity contribution is 5.60. The zero-order valence-corrected chi connectivity index (χ0v) is 13.6. The molecule has 0 unspecified atom stereocenters. The van der Waals surface area contributed by atoms with E-state index in [-0.39, 0.29) is 22.5 Å². The normalized spacial score (nSPS) is 11.8. The number of nitro benzene ring substituents is 1. The highest BCUT2D eigenvalue weighted by atomic mass is 16.6. The van der Waals surface area contributed by atoms with Gasteiger partial charge in [0, 0.05) is 11.6 Å². The number of phenolic OH excluding ortho intramolecular Hbond substituents is 1. The lowest BCUT2D eigenvalue weighted by molar-refractivity contribution is -0.384. The van der Waals surface area contributed by atoms with Crippen LogP contribution in [0.4, 0.5) is 17.1 Å². The molecule has 0 aliphatic carbocycles. The van der Waals surface area contributed by atoms with Crippen LogP contribution in [0.25, 0.3) is 0 Å². The second-order valence-corrected chi connectivity index (χ2v) is 6.38. The van der Waals surface area contributed by atoms with Gasteiger partial charge in [-0.15, -0.1) is 10.2 Å². The van der Waals surface area contributed by atoms with Gasteiger partial charge in [-0.1, -0.05) is 39.0 Å². The molecule has 0 spiro atoms. The summed E-state index contributed by atoms with van der Waals surface area (Å²) in [5, 5.41) is 29.4. The summed E-state index contributed by atoms with van der Waals surface area (Å²) in [6, 6.07) is 9.70. The van der Waals surface area contributed by atoms with Gasteiger partial charge in [-0.05, 0) is 30.0 Å². The number of para-hydroxylation sites is 1. The maximum Gasteiger partial charge on any atom is 0.296 e. The molecule has 0 bridgehead atoms. The highest BCUT2D eigenvalue weighted by Gasteiger charge is 2.21. The van der Waals surface area contributed by atoms with Crippen molar-refractivity contribution in [2.45, 2.75) is 33.1 Å². The van der Waals surface area contributed by atoms with E-state index in [0.29, 0.717) is 5.69 Å². The first-order chi connectivity index (χ1) is 10.7. The molecule has 1 N–H and O–H groups in total. The number of nitro groups is 1. The highest BCUT2D eigenvalue weighted by Crippen LogP contribution is 2.39. The molecule has 0 aliphatic heterocycles. The second-order valence-electron chi connectivity index (χ2n) is 6.38. The molecule has 6 nitrogen and oxygen atoms in total. The molecule has 0 saturated heterocycles. The number of aryl methyl sites for hydroxylation is 1. The van der Waals surface area contributed by atoms with Crippen LogP contribution in [0.15, 0.2) is 46.6 Å². The molecule has 0 aliphatic rings. The molecular weight excluding hydrogens is 294 g/mol. The quantitative estimate of drug-likeness (QED) is 0.472. The first kappa shape index (κ1) is 16.6. The standard InChI is InChI=1S/C17H19N3O3/c1-11-9-12(17(2,3)4)16(21)14(10-11)19-18-13-7-5-6-8-15(13)20(22)23/h5-10,21H,1-4H3/b19-18+. The van der Waals surface area contributed by atoms with Gasteiger partial charge in [-0.25, -0.2) is 0 Å². The predicted molar refractivity (Wildman–Crippen MR) is 88.8 cm³/mol. The number of azo groups is 1. The third kappa shape index (κ3) is 3.71. The Labute approximate surface area is 134 Å². The van der Waals surface area contributed by atoms with E-state index in [9.17, 15) is 15.2 Å². The maximum atomic E-state index is 11.0. The van der Waals surface area contributed by atoms with Crippen molar-refractivity contribution >= 4 is 17.1 Å². The monoisotopic (exact) mass is 313 g/mol. The minimum absolute atomic E-state index is 0.0467. The lowest BCUT2D eigenvalue weighted by Crippen LogP contribution is -2.11. The molecule has 0 fully saturated rings. The van der Waals surface area contributed by atoms with Crippen molar-refractivity contribution in [2.24, 2.45) is 10.2 Å². The van der Waals surface area contributed by atoms with Gasteiger partial charge >= 0.3 is 0 Å². The van der Waals surface area contributed by atoms with Gasteiger partial charge in [0.15, 0.2) is 5.69 Å². The summed E-state index contributed by atoms with van der Waals surface area (Å²) in [7, 11) is 0. The molecule has 2 aromatic rings. The lowest BCUT2D eigenvalue weighted by atomic mass is 9.85. The van der Waals surface area contributed by atoms with E-state index in [1.165, 1.54) is 12.1 Å². The second kappa shape index (κ2) is 6.16. The summed E-state index contributed by atoms with van der Waals surface area (Å²) >= 11 is 0. The number of hydrogen-bond acceptors (Lipinski definition) is 5. The molecule has 0 atom stereocenters. The van der Waals surface area contributed by atoms with E-state index in [1.54, 1.807) is 18.2 Å². The number of nitrogens with zero attached hydrogens (tertiary/aromatic N) is 3. The zero-order chi connectivity index (χ0) is 17.2. The van der Waals surface area contributed by atoms with Gasteiger partial charge in [0.25, 0.3) is 5.69 Å². The Morgan fingerprint density at radius 2 is 1.70 bits per heavy atom. The largest absolute Gasteiger partial charge is 0.505 e. The van der Waals surface area contributed by atoms with Crippen LogP contribution in [-0.4, -0.2) is 10.0 Å². The van der Waals surface area contributed by atoms with Crippen LogP contribution < -0.4 is 0 Å². The Kier molecular flexibility index (Phi) is 4.45. The summed E-state index contributed by atoms with van der Waals surface area (Å²) in [5.41, 5.74) is 1.76. The topological polar surface area (TPSA) is 88.1 Å². The summed E-state index contributed by atoms with van der Waals surface area (Å²) < 4.78 is 0. The Hall–Kier alpha value is -2.76. The van der Waals surface area contributed by atoms with E-state index in [0.717, 1.165) is 11.1 Å². The van der Waals surface area contributed by atoms with Crippen molar-refractivity contribution in [1.29, 1.82) is 0 Å². The Balaban J connectivity index is 2.49. The van der Waals surface area contributed by atoms with E-state index < -0.39 is 4.92 Å². The number of aromatic hydroxyl groups is 1. The fourth-order valence-electron chi connectivity index (χ4n) is 2.22. The first-order valence-electron chi connectivity index (χ1n) is 7.19. The third-order valence-corrected chi connectivity index (χ3v) is 3.39. The molecular formula is C17H19N3O3. The zero-order valence-electron chi connectivity index (χ0n) is 13.6.